The number of rotatable bonds is 2. The van der Waals surface area contributed by atoms with Crippen LogP contribution in [0.15, 0.2) is 60.7 Å². The second-order valence-corrected chi connectivity index (χ2v) is 6.30. The first kappa shape index (κ1) is 17.1. The summed E-state index contributed by atoms with van der Waals surface area (Å²) in [6.07, 6.45) is 7.44. The molecule has 0 amide bonds. The molecule has 2 aromatic rings. The van der Waals surface area contributed by atoms with E-state index >= 15 is 0 Å². The molecule has 0 radical (unpaired) electrons. The van der Waals surface area contributed by atoms with Crippen molar-refractivity contribution in [1.82, 2.24) is 0 Å². The fourth-order valence-electron chi connectivity index (χ4n) is 2.85. The lowest BCUT2D eigenvalue weighted by atomic mass is 9.91. The summed E-state index contributed by atoms with van der Waals surface area (Å²) in [6.45, 7) is 2.36. The van der Waals surface area contributed by atoms with Gasteiger partial charge < -0.3 is 11.5 Å². The Balaban J connectivity index is 0.000000229. The van der Waals surface area contributed by atoms with Crippen LogP contribution in [0.5, 0.6) is 0 Å². The molecule has 0 aliphatic heterocycles. The summed E-state index contributed by atoms with van der Waals surface area (Å²) in [7, 11) is 0. The van der Waals surface area contributed by atoms with Gasteiger partial charge in [-0.2, -0.15) is 0 Å². The summed E-state index contributed by atoms with van der Waals surface area (Å²) < 4.78 is 0. The lowest BCUT2D eigenvalue weighted by molar-refractivity contribution is 0.385. The lowest BCUT2D eigenvalue weighted by Gasteiger charge is -2.15. The summed E-state index contributed by atoms with van der Waals surface area (Å²) in [4.78, 5) is 0. The Morgan fingerprint density at radius 3 is 1.39 bits per heavy atom. The smallest absolute Gasteiger partial charge is 0.0627 e. The highest BCUT2D eigenvalue weighted by Crippen LogP contribution is 2.22. The van der Waals surface area contributed by atoms with E-state index in [1.807, 2.05) is 60.7 Å². The Kier molecular flexibility index (Phi) is 6.74. The summed E-state index contributed by atoms with van der Waals surface area (Å²) in [6, 6.07) is 19.5. The molecule has 0 unspecified atom stereocenters. The number of hydrogen-bond acceptors (Lipinski definition) is 2. The van der Waals surface area contributed by atoms with Crippen molar-refractivity contribution in [3.05, 3.63) is 71.8 Å². The fourth-order valence-corrected chi connectivity index (χ4v) is 2.85. The van der Waals surface area contributed by atoms with Crippen molar-refractivity contribution in [2.75, 3.05) is 0 Å². The first-order chi connectivity index (χ1) is 11.2. The van der Waals surface area contributed by atoms with Crippen LogP contribution in [0.2, 0.25) is 0 Å². The topological polar surface area (TPSA) is 52.0 Å². The van der Waals surface area contributed by atoms with Crippen molar-refractivity contribution in [2.45, 2.75) is 39.0 Å². The van der Waals surface area contributed by atoms with Crippen molar-refractivity contribution in [1.29, 1.82) is 0 Å². The van der Waals surface area contributed by atoms with E-state index < -0.39 is 0 Å². The molecule has 0 aromatic heterocycles. The molecule has 0 spiro atoms. The molecule has 0 bridgehead atoms. The van der Waals surface area contributed by atoms with Crippen LogP contribution < -0.4 is 11.5 Å². The van der Waals surface area contributed by atoms with Gasteiger partial charge in [0.05, 0.1) is 11.4 Å². The maximum atomic E-state index is 6.03. The van der Waals surface area contributed by atoms with Crippen LogP contribution in [-0.2, 0) is 0 Å². The van der Waals surface area contributed by atoms with E-state index in [0.717, 1.165) is 17.0 Å². The summed E-state index contributed by atoms with van der Waals surface area (Å²) in [5, 5.41) is 0. The van der Waals surface area contributed by atoms with Gasteiger partial charge in [-0.1, -0.05) is 99.7 Å². The Morgan fingerprint density at radius 2 is 1.09 bits per heavy atom. The molecule has 0 heterocycles. The van der Waals surface area contributed by atoms with E-state index in [9.17, 15) is 0 Å². The molecule has 1 saturated carbocycles. The van der Waals surface area contributed by atoms with Crippen LogP contribution in [0.3, 0.4) is 0 Å². The zero-order valence-corrected chi connectivity index (χ0v) is 14.0. The van der Waals surface area contributed by atoms with E-state index in [2.05, 4.69) is 6.92 Å². The Hall–Kier alpha value is -2.22. The van der Waals surface area contributed by atoms with Crippen molar-refractivity contribution in [3.8, 4) is 0 Å². The molecule has 122 valence electrons. The molecule has 23 heavy (non-hydrogen) atoms. The first-order valence-electron chi connectivity index (χ1n) is 8.54. The number of benzene rings is 2. The molecule has 2 nitrogen and oxygen atoms in total. The molecular formula is C21H28N2. The number of nitrogens with two attached hydrogens (primary N) is 2. The molecule has 4 N–H and O–H groups in total. The van der Waals surface area contributed by atoms with E-state index in [0.29, 0.717) is 11.4 Å². The zero-order chi connectivity index (χ0) is 16.5. The highest BCUT2D eigenvalue weighted by atomic mass is 14.7. The minimum Gasteiger partial charge on any atom is -0.397 e. The molecule has 2 aromatic carbocycles. The van der Waals surface area contributed by atoms with Gasteiger partial charge >= 0.3 is 0 Å². The summed E-state index contributed by atoms with van der Waals surface area (Å²) in [5.41, 5.74) is 15.2. The largest absolute Gasteiger partial charge is 0.397 e. The van der Waals surface area contributed by atoms with Crippen molar-refractivity contribution in [2.24, 2.45) is 17.4 Å². The summed E-state index contributed by atoms with van der Waals surface area (Å²) >= 11 is 0. The van der Waals surface area contributed by atoms with Crippen LogP contribution in [0.4, 0.5) is 0 Å². The van der Waals surface area contributed by atoms with Gasteiger partial charge in [0.1, 0.15) is 0 Å². The van der Waals surface area contributed by atoms with E-state index in [4.69, 9.17) is 11.5 Å². The standard InChI is InChI=1S/C14H14N2.C7H14/c15-13(11-7-3-1-4-8-11)14(16)12-9-5-2-6-10-12;1-7-5-3-2-4-6-7/h1-10H,15-16H2;7H,2-6H2,1H3. The van der Waals surface area contributed by atoms with Gasteiger partial charge in [-0.25, -0.2) is 0 Å². The normalized spacial score (nSPS) is 16.0. The van der Waals surface area contributed by atoms with Crippen LogP contribution >= 0.6 is 0 Å². The first-order valence-corrected chi connectivity index (χ1v) is 8.54. The fraction of sp³-hybridized carbons (Fsp3) is 0.333. The van der Waals surface area contributed by atoms with Crippen LogP contribution in [0, 0.1) is 5.92 Å². The second kappa shape index (κ2) is 9.04. The quantitative estimate of drug-likeness (QED) is 0.766. The highest BCUT2D eigenvalue weighted by Gasteiger charge is 2.06. The molecule has 0 atom stereocenters. The second-order valence-electron chi connectivity index (χ2n) is 6.30. The molecule has 2 heteroatoms. The van der Waals surface area contributed by atoms with Crippen molar-refractivity contribution in [3.63, 3.8) is 0 Å². The third kappa shape index (κ3) is 5.48. The van der Waals surface area contributed by atoms with Gasteiger partial charge in [-0.3, -0.25) is 0 Å². The average molecular weight is 308 g/mol. The van der Waals surface area contributed by atoms with Gasteiger partial charge in [0.25, 0.3) is 0 Å². The molecule has 1 aliphatic rings. The van der Waals surface area contributed by atoms with E-state index in [1.54, 1.807) is 0 Å². The van der Waals surface area contributed by atoms with Crippen molar-refractivity contribution >= 4 is 11.4 Å². The van der Waals surface area contributed by atoms with E-state index in [-0.39, 0.29) is 0 Å². The van der Waals surface area contributed by atoms with Gasteiger partial charge in [0, 0.05) is 0 Å². The molecule has 1 aliphatic carbocycles. The Labute approximate surface area is 140 Å². The predicted octanol–water partition coefficient (Wildman–Crippen LogP) is 5.02. The predicted molar refractivity (Wildman–Crippen MR) is 100 cm³/mol. The SMILES string of the molecule is CC1CCCCC1.NC(=C(N)c1ccccc1)c1ccccc1. The van der Waals surface area contributed by atoms with Gasteiger partial charge in [-0.05, 0) is 17.0 Å². The Bertz CT molecular complexity index is 549. The number of hydrogen-bond donors (Lipinski definition) is 2. The maximum absolute atomic E-state index is 6.03. The van der Waals surface area contributed by atoms with Gasteiger partial charge in [-0.15, -0.1) is 0 Å². The molecule has 0 saturated heterocycles. The Morgan fingerprint density at radius 1 is 0.696 bits per heavy atom. The minimum absolute atomic E-state index is 0.617. The molecule has 1 fully saturated rings. The van der Waals surface area contributed by atoms with Crippen LogP contribution in [0.1, 0.15) is 50.2 Å². The summed E-state index contributed by atoms with van der Waals surface area (Å²) in [5.74, 6) is 1.04. The van der Waals surface area contributed by atoms with Gasteiger partial charge in [0.15, 0.2) is 0 Å². The minimum atomic E-state index is 0.617. The lowest BCUT2D eigenvalue weighted by Crippen LogP contribution is -2.07. The maximum Gasteiger partial charge on any atom is 0.0627 e. The van der Waals surface area contributed by atoms with E-state index in [1.165, 1.54) is 32.1 Å². The molecule has 3 rings (SSSR count). The monoisotopic (exact) mass is 308 g/mol. The van der Waals surface area contributed by atoms with Crippen LogP contribution in [0.25, 0.3) is 11.4 Å². The van der Waals surface area contributed by atoms with Gasteiger partial charge in [0.2, 0.25) is 0 Å². The third-order valence-electron chi connectivity index (χ3n) is 4.35. The molecular weight excluding hydrogens is 280 g/mol. The average Bonchev–Trinajstić information content (AvgIpc) is 2.63. The van der Waals surface area contributed by atoms with Crippen LogP contribution in [-0.4, -0.2) is 0 Å². The third-order valence-corrected chi connectivity index (χ3v) is 4.35. The van der Waals surface area contributed by atoms with Crippen molar-refractivity contribution < 1.29 is 0 Å². The zero-order valence-electron chi connectivity index (χ0n) is 14.0. The highest BCUT2D eigenvalue weighted by molar-refractivity contribution is 5.87.